The van der Waals surface area contributed by atoms with Gasteiger partial charge in [0, 0.05) is 18.9 Å². The van der Waals surface area contributed by atoms with E-state index in [0.717, 1.165) is 5.56 Å². The molecule has 0 saturated carbocycles. The lowest BCUT2D eigenvalue weighted by Gasteiger charge is -2.07. The molecule has 2 aromatic rings. The minimum atomic E-state index is -3.67. The number of sulfonamides is 1. The Morgan fingerprint density at radius 2 is 2.05 bits per heavy atom. The monoisotopic (exact) mass is 278 g/mol. The smallest absolute Gasteiger partial charge is 0.279 e. The third-order valence-corrected chi connectivity index (χ3v) is 3.66. The molecule has 0 radical (unpaired) electrons. The number of nitrogens with one attached hydrogen (secondary N) is 2. The topological polar surface area (TPSA) is 84.0 Å². The summed E-state index contributed by atoms with van der Waals surface area (Å²) < 4.78 is 26.5. The van der Waals surface area contributed by atoms with Crippen LogP contribution < -0.4 is 10.0 Å². The maximum atomic E-state index is 12.1. The van der Waals surface area contributed by atoms with Gasteiger partial charge >= 0.3 is 0 Å². The first kappa shape index (κ1) is 13.4. The fraction of sp³-hybridized carbons (Fsp3) is 0.167. The highest BCUT2D eigenvalue weighted by Gasteiger charge is 2.15. The molecule has 0 fully saturated rings. The average Bonchev–Trinajstić information content (AvgIpc) is 2.40. The number of nitrogens with zero attached hydrogens (tertiary/aromatic N) is 2. The van der Waals surface area contributed by atoms with Crippen molar-refractivity contribution in [2.75, 3.05) is 11.8 Å². The van der Waals surface area contributed by atoms with Crippen molar-refractivity contribution in [2.24, 2.45) is 0 Å². The highest BCUT2D eigenvalue weighted by molar-refractivity contribution is 7.92. The van der Waals surface area contributed by atoms with Gasteiger partial charge in [-0.15, -0.1) is 0 Å². The van der Waals surface area contributed by atoms with Gasteiger partial charge < -0.3 is 5.32 Å². The summed E-state index contributed by atoms with van der Waals surface area (Å²) in [6, 6.07) is 6.48. The van der Waals surface area contributed by atoms with Crippen molar-refractivity contribution in [2.45, 2.75) is 11.6 Å². The van der Waals surface area contributed by atoms with Crippen molar-refractivity contribution in [3.63, 3.8) is 0 Å². The van der Waals surface area contributed by atoms with Crippen molar-refractivity contribution in [3.05, 3.63) is 48.4 Å². The zero-order valence-corrected chi connectivity index (χ0v) is 11.2. The quantitative estimate of drug-likeness (QED) is 0.852. The van der Waals surface area contributed by atoms with Crippen molar-refractivity contribution < 1.29 is 8.42 Å². The molecule has 100 valence electrons. The molecular formula is C12H14N4O2S. The summed E-state index contributed by atoms with van der Waals surface area (Å²) in [5.41, 5.74) is 1.33. The maximum absolute atomic E-state index is 12.1. The van der Waals surface area contributed by atoms with E-state index in [0.29, 0.717) is 12.2 Å². The lowest BCUT2D eigenvalue weighted by Crippen LogP contribution is -2.15. The molecule has 19 heavy (non-hydrogen) atoms. The first-order valence-electron chi connectivity index (χ1n) is 5.64. The normalized spacial score (nSPS) is 11.2. The molecule has 0 aromatic carbocycles. The van der Waals surface area contributed by atoms with Gasteiger partial charge in [-0.3, -0.25) is 9.71 Å². The zero-order valence-electron chi connectivity index (χ0n) is 10.4. The van der Waals surface area contributed by atoms with Crippen LogP contribution in [0.1, 0.15) is 5.56 Å². The van der Waals surface area contributed by atoms with Crippen molar-refractivity contribution in [1.29, 1.82) is 0 Å². The van der Waals surface area contributed by atoms with Gasteiger partial charge in [0.2, 0.25) is 0 Å². The Hall–Kier alpha value is -1.99. The minimum Gasteiger partial charge on any atom is -0.316 e. The number of pyridine rings is 2. The van der Waals surface area contributed by atoms with E-state index in [-0.39, 0.29) is 5.03 Å². The van der Waals surface area contributed by atoms with Gasteiger partial charge in [-0.25, -0.2) is 4.98 Å². The average molecular weight is 278 g/mol. The van der Waals surface area contributed by atoms with Crippen LogP contribution in [0.15, 0.2) is 47.9 Å². The lowest BCUT2D eigenvalue weighted by molar-refractivity contribution is 0.597. The molecule has 0 atom stereocenters. The van der Waals surface area contributed by atoms with E-state index >= 15 is 0 Å². The maximum Gasteiger partial charge on any atom is 0.279 e. The fourth-order valence-electron chi connectivity index (χ4n) is 1.51. The van der Waals surface area contributed by atoms with E-state index in [1.807, 2.05) is 7.05 Å². The standard InChI is InChI=1S/C12H14N4O2S/c1-13-7-10-4-5-12(15-8-10)19(17,18)16-11-3-2-6-14-9-11/h2-6,8-9,13,16H,7H2,1H3. The fourth-order valence-corrected chi connectivity index (χ4v) is 2.48. The van der Waals surface area contributed by atoms with Crippen molar-refractivity contribution >= 4 is 15.7 Å². The summed E-state index contributed by atoms with van der Waals surface area (Å²) in [6.45, 7) is 0.642. The summed E-state index contributed by atoms with van der Waals surface area (Å²) in [6.07, 6.45) is 4.55. The summed E-state index contributed by atoms with van der Waals surface area (Å²) in [5, 5.41) is 2.95. The highest BCUT2D eigenvalue weighted by atomic mass is 32.2. The lowest BCUT2D eigenvalue weighted by atomic mass is 10.3. The third-order valence-electron chi connectivity index (χ3n) is 2.37. The second-order valence-corrected chi connectivity index (χ2v) is 5.51. The van der Waals surface area contributed by atoms with Gasteiger partial charge in [-0.05, 0) is 30.8 Å². The molecule has 2 rings (SSSR count). The molecule has 2 aromatic heterocycles. The molecule has 6 nitrogen and oxygen atoms in total. The summed E-state index contributed by atoms with van der Waals surface area (Å²) >= 11 is 0. The number of hydrogen-bond donors (Lipinski definition) is 2. The number of anilines is 1. The van der Waals surface area contributed by atoms with Crippen LogP contribution in [0.4, 0.5) is 5.69 Å². The summed E-state index contributed by atoms with van der Waals surface area (Å²) in [5.74, 6) is 0. The Labute approximate surface area is 112 Å². The third kappa shape index (κ3) is 3.49. The van der Waals surface area contributed by atoms with E-state index in [2.05, 4.69) is 20.0 Å². The van der Waals surface area contributed by atoms with Gasteiger partial charge in [0.05, 0.1) is 11.9 Å². The molecule has 0 unspecified atom stereocenters. The molecule has 7 heteroatoms. The molecule has 0 bridgehead atoms. The Morgan fingerprint density at radius 1 is 1.21 bits per heavy atom. The van der Waals surface area contributed by atoms with Crippen LogP contribution >= 0.6 is 0 Å². The van der Waals surface area contributed by atoms with Crippen LogP contribution in [-0.2, 0) is 16.6 Å². The van der Waals surface area contributed by atoms with E-state index in [4.69, 9.17) is 0 Å². The Balaban J connectivity index is 2.20. The van der Waals surface area contributed by atoms with Gasteiger partial charge in [0.15, 0.2) is 5.03 Å². The van der Waals surface area contributed by atoms with Crippen LogP contribution in [0.2, 0.25) is 0 Å². The summed E-state index contributed by atoms with van der Waals surface area (Å²) in [7, 11) is -1.85. The van der Waals surface area contributed by atoms with Crippen LogP contribution in [-0.4, -0.2) is 25.4 Å². The van der Waals surface area contributed by atoms with Crippen LogP contribution in [0.3, 0.4) is 0 Å². The summed E-state index contributed by atoms with van der Waals surface area (Å²) in [4.78, 5) is 7.80. The van der Waals surface area contributed by atoms with E-state index in [1.54, 1.807) is 24.4 Å². The SMILES string of the molecule is CNCc1ccc(S(=O)(=O)Nc2cccnc2)nc1. The molecule has 2 N–H and O–H groups in total. The molecule has 0 saturated heterocycles. The van der Waals surface area contributed by atoms with Gasteiger partial charge in [0.25, 0.3) is 10.0 Å². The van der Waals surface area contributed by atoms with Crippen LogP contribution in [0.25, 0.3) is 0 Å². The van der Waals surface area contributed by atoms with Crippen LogP contribution in [0, 0.1) is 0 Å². The number of hydrogen-bond acceptors (Lipinski definition) is 5. The first-order valence-corrected chi connectivity index (χ1v) is 7.12. The van der Waals surface area contributed by atoms with Gasteiger partial charge in [-0.1, -0.05) is 6.07 Å². The Kier molecular flexibility index (Phi) is 4.08. The predicted molar refractivity (Wildman–Crippen MR) is 72.0 cm³/mol. The molecular weight excluding hydrogens is 264 g/mol. The molecule has 0 aliphatic rings. The second-order valence-electron chi connectivity index (χ2n) is 3.88. The van der Waals surface area contributed by atoms with Crippen LogP contribution in [0.5, 0.6) is 0 Å². The Bertz CT molecular complexity index is 627. The molecule has 0 spiro atoms. The second kappa shape index (κ2) is 5.77. The number of aromatic nitrogens is 2. The number of rotatable bonds is 5. The van der Waals surface area contributed by atoms with Gasteiger partial charge in [0.1, 0.15) is 0 Å². The molecule has 0 aliphatic carbocycles. The van der Waals surface area contributed by atoms with E-state index < -0.39 is 10.0 Å². The predicted octanol–water partition coefficient (Wildman–Crippen LogP) is 0.997. The largest absolute Gasteiger partial charge is 0.316 e. The molecule has 0 aliphatic heterocycles. The molecule has 2 heterocycles. The zero-order chi connectivity index (χ0) is 13.7. The minimum absolute atomic E-state index is 0.0174. The van der Waals surface area contributed by atoms with Crippen molar-refractivity contribution in [1.82, 2.24) is 15.3 Å². The van der Waals surface area contributed by atoms with Crippen molar-refractivity contribution in [3.8, 4) is 0 Å². The van der Waals surface area contributed by atoms with E-state index in [1.165, 1.54) is 18.5 Å². The van der Waals surface area contributed by atoms with Gasteiger partial charge in [-0.2, -0.15) is 8.42 Å². The molecule has 0 amide bonds. The highest BCUT2D eigenvalue weighted by Crippen LogP contribution is 2.13. The first-order chi connectivity index (χ1) is 9.12. The van der Waals surface area contributed by atoms with E-state index in [9.17, 15) is 8.42 Å². The Morgan fingerprint density at radius 3 is 2.63 bits per heavy atom.